The van der Waals surface area contributed by atoms with Crippen molar-refractivity contribution in [2.75, 3.05) is 7.11 Å². The molecule has 1 aromatic carbocycles. The number of benzene rings is 1. The van der Waals surface area contributed by atoms with Crippen molar-refractivity contribution in [3.05, 3.63) is 47.5 Å². The standard InChI is InChI=1S/C14H19N3O/c1-3-14-16-6-7-17(14)10-12-8-11(9-15)4-5-13(12)18-2/h4-8H,3,9-10,15H2,1-2H3. The van der Waals surface area contributed by atoms with Crippen molar-refractivity contribution >= 4 is 0 Å². The fourth-order valence-corrected chi connectivity index (χ4v) is 2.06. The predicted octanol–water partition coefficient (Wildman–Crippen LogP) is 1.96. The second kappa shape index (κ2) is 5.69. The van der Waals surface area contributed by atoms with Gasteiger partial charge in [0.1, 0.15) is 11.6 Å². The van der Waals surface area contributed by atoms with Gasteiger partial charge in [0.05, 0.1) is 13.7 Å². The van der Waals surface area contributed by atoms with Crippen LogP contribution >= 0.6 is 0 Å². The quantitative estimate of drug-likeness (QED) is 0.876. The lowest BCUT2D eigenvalue weighted by Crippen LogP contribution is -2.06. The van der Waals surface area contributed by atoms with E-state index in [1.165, 1.54) is 0 Å². The molecule has 0 aliphatic rings. The zero-order chi connectivity index (χ0) is 13.0. The van der Waals surface area contributed by atoms with Crippen LogP contribution in [0.1, 0.15) is 23.9 Å². The topological polar surface area (TPSA) is 53.1 Å². The van der Waals surface area contributed by atoms with E-state index < -0.39 is 0 Å². The minimum Gasteiger partial charge on any atom is -0.496 e. The number of hydrogen-bond donors (Lipinski definition) is 1. The van der Waals surface area contributed by atoms with E-state index in [4.69, 9.17) is 10.5 Å². The second-order valence-corrected chi connectivity index (χ2v) is 4.18. The van der Waals surface area contributed by atoms with E-state index in [2.05, 4.69) is 22.5 Å². The van der Waals surface area contributed by atoms with Crippen molar-refractivity contribution in [3.63, 3.8) is 0 Å². The first-order chi connectivity index (χ1) is 8.78. The van der Waals surface area contributed by atoms with Crippen molar-refractivity contribution in [2.45, 2.75) is 26.4 Å². The van der Waals surface area contributed by atoms with E-state index in [0.717, 1.165) is 35.7 Å². The number of aryl methyl sites for hydroxylation is 1. The van der Waals surface area contributed by atoms with Gasteiger partial charge in [0.25, 0.3) is 0 Å². The Balaban J connectivity index is 2.32. The Kier molecular flexibility index (Phi) is 3.99. The largest absolute Gasteiger partial charge is 0.496 e. The zero-order valence-electron chi connectivity index (χ0n) is 10.9. The third-order valence-electron chi connectivity index (χ3n) is 3.04. The predicted molar refractivity (Wildman–Crippen MR) is 71.6 cm³/mol. The Labute approximate surface area is 107 Å². The molecule has 96 valence electrons. The highest BCUT2D eigenvalue weighted by Gasteiger charge is 2.07. The molecule has 0 aliphatic carbocycles. The molecule has 1 aromatic heterocycles. The lowest BCUT2D eigenvalue weighted by Gasteiger charge is -2.12. The van der Waals surface area contributed by atoms with Crippen molar-refractivity contribution in [1.82, 2.24) is 9.55 Å². The van der Waals surface area contributed by atoms with Gasteiger partial charge >= 0.3 is 0 Å². The van der Waals surface area contributed by atoms with Gasteiger partial charge in [0.15, 0.2) is 0 Å². The van der Waals surface area contributed by atoms with Gasteiger partial charge in [0, 0.05) is 30.9 Å². The summed E-state index contributed by atoms with van der Waals surface area (Å²) in [4.78, 5) is 4.33. The van der Waals surface area contributed by atoms with Gasteiger partial charge in [-0.05, 0) is 17.7 Å². The highest BCUT2D eigenvalue weighted by Crippen LogP contribution is 2.21. The minimum absolute atomic E-state index is 0.543. The third-order valence-corrected chi connectivity index (χ3v) is 3.04. The van der Waals surface area contributed by atoms with Gasteiger partial charge in [-0.25, -0.2) is 4.98 Å². The summed E-state index contributed by atoms with van der Waals surface area (Å²) in [6.45, 7) is 3.41. The van der Waals surface area contributed by atoms with Crippen LogP contribution in [0.2, 0.25) is 0 Å². The zero-order valence-corrected chi connectivity index (χ0v) is 10.9. The first-order valence-corrected chi connectivity index (χ1v) is 6.14. The smallest absolute Gasteiger partial charge is 0.123 e. The lowest BCUT2D eigenvalue weighted by molar-refractivity contribution is 0.408. The molecule has 18 heavy (non-hydrogen) atoms. The Hall–Kier alpha value is -1.81. The molecule has 0 atom stereocenters. The molecule has 2 rings (SSSR count). The Morgan fingerprint density at radius 1 is 1.39 bits per heavy atom. The number of rotatable bonds is 5. The maximum absolute atomic E-state index is 5.68. The van der Waals surface area contributed by atoms with Crippen LogP contribution in [0.3, 0.4) is 0 Å². The van der Waals surface area contributed by atoms with E-state index in [9.17, 15) is 0 Å². The molecule has 0 fully saturated rings. The van der Waals surface area contributed by atoms with Crippen LogP contribution in [-0.4, -0.2) is 16.7 Å². The fourth-order valence-electron chi connectivity index (χ4n) is 2.06. The van der Waals surface area contributed by atoms with E-state index in [0.29, 0.717) is 6.54 Å². The van der Waals surface area contributed by atoms with Crippen LogP contribution in [0.4, 0.5) is 0 Å². The first-order valence-electron chi connectivity index (χ1n) is 6.14. The summed E-state index contributed by atoms with van der Waals surface area (Å²) in [5, 5.41) is 0. The van der Waals surface area contributed by atoms with Crippen LogP contribution in [-0.2, 0) is 19.5 Å². The van der Waals surface area contributed by atoms with E-state index in [1.807, 2.05) is 24.5 Å². The summed E-state index contributed by atoms with van der Waals surface area (Å²) >= 11 is 0. The van der Waals surface area contributed by atoms with Crippen LogP contribution in [0, 0.1) is 0 Å². The van der Waals surface area contributed by atoms with Gasteiger partial charge in [-0.1, -0.05) is 13.0 Å². The van der Waals surface area contributed by atoms with Crippen LogP contribution < -0.4 is 10.5 Å². The van der Waals surface area contributed by atoms with E-state index >= 15 is 0 Å². The van der Waals surface area contributed by atoms with E-state index in [1.54, 1.807) is 7.11 Å². The molecule has 2 N–H and O–H groups in total. The molecule has 0 saturated heterocycles. The number of hydrogen-bond acceptors (Lipinski definition) is 3. The van der Waals surface area contributed by atoms with Crippen molar-refractivity contribution < 1.29 is 4.74 Å². The Bertz CT molecular complexity index is 520. The average Bonchev–Trinajstić information content (AvgIpc) is 2.86. The highest BCUT2D eigenvalue weighted by molar-refractivity contribution is 5.37. The summed E-state index contributed by atoms with van der Waals surface area (Å²) in [6.07, 6.45) is 4.75. The SMILES string of the molecule is CCc1nccn1Cc1cc(CN)ccc1OC. The summed E-state index contributed by atoms with van der Waals surface area (Å²) in [6, 6.07) is 6.06. The number of methoxy groups -OCH3 is 1. The van der Waals surface area contributed by atoms with Gasteiger partial charge in [-0.3, -0.25) is 0 Å². The monoisotopic (exact) mass is 245 g/mol. The molecular formula is C14H19N3O. The molecular weight excluding hydrogens is 226 g/mol. The van der Waals surface area contributed by atoms with Crippen molar-refractivity contribution in [3.8, 4) is 5.75 Å². The molecule has 0 unspecified atom stereocenters. The minimum atomic E-state index is 0.543. The molecule has 4 heteroatoms. The summed E-state index contributed by atoms with van der Waals surface area (Å²) in [5.41, 5.74) is 7.93. The van der Waals surface area contributed by atoms with Crippen LogP contribution in [0.25, 0.3) is 0 Å². The third kappa shape index (κ3) is 2.54. The lowest BCUT2D eigenvalue weighted by atomic mass is 10.1. The average molecular weight is 245 g/mol. The number of imidazole rings is 1. The number of aromatic nitrogens is 2. The molecule has 4 nitrogen and oxygen atoms in total. The summed E-state index contributed by atoms with van der Waals surface area (Å²) < 4.78 is 7.53. The molecule has 0 saturated carbocycles. The van der Waals surface area contributed by atoms with Crippen molar-refractivity contribution in [2.24, 2.45) is 5.73 Å². The number of ether oxygens (including phenoxy) is 1. The van der Waals surface area contributed by atoms with Gasteiger partial charge in [-0.2, -0.15) is 0 Å². The summed E-state index contributed by atoms with van der Waals surface area (Å²) in [7, 11) is 1.69. The number of nitrogens with two attached hydrogens (primary N) is 1. The molecule has 0 bridgehead atoms. The van der Waals surface area contributed by atoms with Gasteiger partial charge < -0.3 is 15.0 Å². The van der Waals surface area contributed by atoms with E-state index in [-0.39, 0.29) is 0 Å². The molecule has 1 heterocycles. The van der Waals surface area contributed by atoms with Crippen LogP contribution in [0.15, 0.2) is 30.6 Å². The highest BCUT2D eigenvalue weighted by atomic mass is 16.5. The Morgan fingerprint density at radius 3 is 2.89 bits per heavy atom. The van der Waals surface area contributed by atoms with Crippen molar-refractivity contribution in [1.29, 1.82) is 0 Å². The summed E-state index contributed by atoms with van der Waals surface area (Å²) in [5.74, 6) is 1.97. The maximum atomic E-state index is 5.68. The molecule has 0 radical (unpaired) electrons. The second-order valence-electron chi connectivity index (χ2n) is 4.18. The normalized spacial score (nSPS) is 10.6. The van der Waals surface area contributed by atoms with Crippen LogP contribution in [0.5, 0.6) is 5.75 Å². The molecule has 0 spiro atoms. The fraction of sp³-hybridized carbons (Fsp3) is 0.357. The number of nitrogens with zero attached hydrogens (tertiary/aromatic N) is 2. The molecule has 2 aromatic rings. The maximum Gasteiger partial charge on any atom is 0.123 e. The first kappa shape index (κ1) is 12.6. The van der Waals surface area contributed by atoms with Gasteiger partial charge in [0.2, 0.25) is 0 Å². The molecule has 0 amide bonds. The molecule has 0 aliphatic heterocycles. The van der Waals surface area contributed by atoms with Gasteiger partial charge in [-0.15, -0.1) is 0 Å². The Morgan fingerprint density at radius 2 is 2.22 bits per heavy atom.